The van der Waals surface area contributed by atoms with Gasteiger partial charge in [0.15, 0.2) is 0 Å². The van der Waals surface area contributed by atoms with Gasteiger partial charge in [0, 0.05) is 43.2 Å². The van der Waals surface area contributed by atoms with E-state index in [4.69, 9.17) is 0 Å². The predicted molar refractivity (Wildman–Crippen MR) is 86.6 cm³/mol. The summed E-state index contributed by atoms with van der Waals surface area (Å²) in [4.78, 5) is 18.3. The van der Waals surface area contributed by atoms with Gasteiger partial charge in [0.25, 0.3) is 5.91 Å². The Morgan fingerprint density at radius 3 is 2.62 bits per heavy atom. The lowest BCUT2D eigenvalue weighted by molar-refractivity contribution is 0.0761. The molecular formula is C17H20N2OS. The highest BCUT2D eigenvalue weighted by molar-refractivity contribution is 7.09. The van der Waals surface area contributed by atoms with Crippen molar-refractivity contribution in [3.8, 4) is 0 Å². The van der Waals surface area contributed by atoms with E-state index < -0.39 is 0 Å². The maximum Gasteiger partial charge on any atom is 0.253 e. The Hall–Kier alpha value is -1.65. The van der Waals surface area contributed by atoms with Crippen LogP contribution in [0.4, 0.5) is 0 Å². The van der Waals surface area contributed by atoms with E-state index in [0.717, 1.165) is 44.7 Å². The molecule has 0 unspecified atom stereocenters. The van der Waals surface area contributed by atoms with Crippen LogP contribution in [0.15, 0.2) is 47.8 Å². The largest absolute Gasteiger partial charge is 0.337 e. The third-order valence-electron chi connectivity index (χ3n) is 3.86. The van der Waals surface area contributed by atoms with Crippen LogP contribution in [0.2, 0.25) is 0 Å². The Balaban J connectivity index is 1.59. The fourth-order valence-electron chi connectivity index (χ4n) is 2.72. The molecule has 1 aliphatic heterocycles. The summed E-state index contributed by atoms with van der Waals surface area (Å²) in [6, 6.07) is 13.9. The Morgan fingerprint density at radius 2 is 1.86 bits per heavy atom. The highest BCUT2D eigenvalue weighted by Gasteiger charge is 2.20. The van der Waals surface area contributed by atoms with E-state index >= 15 is 0 Å². The number of thiophene rings is 1. The van der Waals surface area contributed by atoms with Crippen LogP contribution in [0.3, 0.4) is 0 Å². The summed E-state index contributed by atoms with van der Waals surface area (Å²) in [6.07, 6.45) is 1.05. The number of hydrogen-bond donors (Lipinski definition) is 0. The SMILES string of the molecule is O=C(c1ccccc1)N1CCCN(Cc2cccs2)CC1. The lowest BCUT2D eigenvalue weighted by atomic mass is 10.2. The van der Waals surface area contributed by atoms with Crippen LogP contribution >= 0.6 is 11.3 Å². The normalized spacial score (nSPS) is 16.7. The Bertz CT molecular complexity index is 568. The molecule has 0 saturated carbocycles. The van der Waals surface area contributed by atoms with Crippen molar-refractivity contribution in [3.63, 3.8) is 0 Å². The average Bonchev–Trinajstić information content (AvgIpc) is 2.92. The van der Waals surface area contributed by atoms with Gasteiger partial charge in [0.1, 0.15) is 0 Å². The molecule has 0 bridgehead atoms. The van der Waals surface area contributed by atoms with Crippen molar-refractivity contribution in [1.82, 2.24) is 9.80 Å². The van der Waals surface area contributed by atoms with Crippen LogP contribution in [0.25, 0.3) is 0 Å². The van der Waals surface area contributed by atoms with E-state index in [1.54, 1.807) is 11.3 Å². The fraction of sp³-hybridized carbons (Fsp3) is 0.353. The molecule has 21 heavy (non-hydrogen) atoms. The Morgan fingerprint density at radius 1 is 1.00 bits per heavy atom. The van der Waals surface area contributed by atoms with Gasteiger partial charge in [-0.25, -0.2) is 0 Å². The van der Waals surface area contributed by atoms with Gasteiger partial charge in [-0.2, -0.15) is 0 Å². The minimum absolute atomic E-state index is 0.161. The average molecular weight is 300 g/mol. The van der Waals surface area contributed by atoms with Gasteiger partial charge >= 0.3 is 0 Å². The molecule has 1 amide bonds. The number of rotatable bonds is 3. The van der Waals surface area contributed by atoms with Crippen LogP contribution in [-0.2, 0) is 6.54 Å². The maximum atomic E-state index is 12.5. The predicted octanol–water partition coefficient (Wildman–Crippen LogP) is 3.10. The zero-order chi connectivity index (χ0) is 14.5. The van der Waals surface area contributed by atoms with Gasteiger partial charge in [-0.15, -0.1) is 11.3 Å². The van der Waals surface area contributed by atoms with Crippen molar-refractivity contribution in [2.45, 2.75) is 13.0 Å². The second kappa shape index (κ2) is 6.87. The third-order valence-corrected chi connectivity index (χ3v) is 4.72. The van der Waals surface area contributed by atoms with Gasteiger partial charge in [-0.1, -0.05) is 24.3 Å². The number of amides is 1. The fourth-order valence-corrected chi connectivity index (χ4v) is 3.46. The number of carbonyl (C=O) groups excluding carboxylic acids is 1. The van der Waals surface area contributed by atoms with E-state index in [2.05, 4.69) is 22.4 Å². The maximum absolute atomic E-state index is 12.5. The van der Waals surface area contributed by atoms with E-state index in [1.807, 2.05) is 35.2 Å². The van der Waals surface area contributed by atoms with E-state index in [0.29, 0.717) is 0 Å². The van der Waals surface area contributed by atoms with E-state index in [9.17, 15) is 4.79 Å². The molecule has 3 nitrogen and oxygen atoms in total. The molecule has 110 valence electrons. The second-order valence-corrected chi connectivity index (χ2v) is 6.40. The topological polar surface area (TPSA) is 23.6 Å². The first-order valence-corrected chi connectivity index (χ1v) is 8.30. The monoisotopic (exact) mass is 300 g/mol. The molecule has 1 fully saturated rings. The van der Waals surface area contributed by atoms with Gasteiger partial charge < -0.3 is 4.90 Å². The molecule has 0 N–H and O–H groups in total. The van der Waals surface area contributed by atoms with Crippen molar-refractivity contribution < 1.29 is 4.79 Å². The first-order chi connectivity index (χ1) is 10.3. The molecule has 0 spiro atoms. The van der Waals surface area contributed by atoms with E-state index in [1.165, 1.54) is 4.88 Å². The first kappa shape index (κ1) is 14.3. The number of hydrogen-bond acceptors (Lipinski definition) is 3. The molecule has 1 aliphatic rings. The van der Waals surface area contributed by atoms with Crippen LogP contribution in [0.5, 0.6) is 0 Å². The van der Waals surface area contributed by atoms with Crippen molar-refractivity contribution >= 4 is 17.2 Å². The van der Waals surface area contributed by atoms with Crippen molar-refractivity contribution in [2.75, 3.05) is 26.2 Å². The lowest BCUT2D eigenvalue weighted by Crippen LogP contribution is -2.35. The first-order valence-electron chi connectivity index (χ1n) is 7.42. The lowest BCUT2D eigenvalue weighted by Gasteiger charge is -2.21. The molecule has 0 aliphatic carbocycles. The zero-order valence-corrected chi connectivity index (χ0v) is 12.9. The van der Waals surface area contributed by atoms with E-state index in [-0.39, 0.29) is 5.91 Å². The van der Waals surface area contributed by atoms with Gasteiger partial charge in [-0.3, -0.25) is 9.69 Å². The third kappa shape index (κ3) is 3.71. The minimum atomic E-state index is 0.161. The molecule has 1 saturated heterocycles. The molecule has 2 aromatic rings. The number of nitrogens with zero attached hydrogens (tertiary/aromatic N) is 2. The summed E-state index contributed by atoms with van der Waals surface area (Å²) in [5.74, 6) is 0.161. The summed E-state index contributed by atoms with van der Waals surface area (Å²) < 4.78 is 0. The molecule has 4 heteroatoms. The highest BCUT2D eigenvalue weighted by atomic mass is 32.1. The summed E-state index contributed by atoms with van der Waals surface area (Å²) in [5.41, 5.74) is 0.796. The van der Waals surface area contributed by atoms with Crippen molar-refractivity contribution in [1.29, 1.82) is 0 Å². The smallest absolute Gasteiger partial charge is 0.253 e. The summed E-state index contributed by atoms with van der Waals surface area (Å²) in [5, 5.41) is 2.12. The molecule has 1 aromatic carbocycles. The number of carbonyl (C=O) groups is 1. The quantitative estimate of drug-likeness (QED) is 0.869. The second-order valence-electron chi connectivity index (χ2n) is 5.37. The van der Waals surface area contributed by atoms with Gasteiger partial charge in [0.2, 0.25) is 0 Å². The highest BCUT2D eigenvalue weighted by Crippen LogP contribution is 2.15. The summed E-state index contributed by atoms with van der Waals surface area (Å²) in [6.45, 7) is 4.70. The molecule has 0 atom stereocenters. The minimum Gasteiger partial charge on any atom is -0.337 e. The van der Waals surface area contributed by atoms with Crippen LogP contribution in [0, 0.1) is 0 Å². The summed E-state index contributed by atoms with van der Waals surface area (Å²) in [7, 11) is 0. The number of benzene rings is 1. The Labute approximate surface area is 129 Å². The van der Waals surface area contributed by atoms with Crippen molar-refractivity contribution in [2.24, 2.45) is 0 Å². The Kier molecular flexibility index (Phi) is 4.68. The zero-order valence-electron chi connectivity index (χ0n) is 12.1. The van der Waals surface area contributed by atoms with Gasteiger partial charge in [-0.05, 0) is 30.0 Å². The van der Waals surface area contributed by atoms with Crippen LogP contribution in [-0.4, -0.2) is 41.9 Å². The van der Waals surface area contributed by atoms with Crippen LogP contribution in [0.1, 0.15) is 21.7 Å². The molecule has 0 radical (unpaired) electrons. The van der Waals surface area contributed by atoms with Crippen molar-refractivity contribution in [3.05, 3.63) is 58.3 Å². The van der Waals surface area contributed by atoms with Gasteiger partial charge in [0.05, 0.1) is 0 Å². The summed E-state index contributed by atoms with van der Waals surface area (Å²) >= 11 is 1.81. The molecule has 2 heterocycles. The molecule has 3 rings (SSSR count). The molecule has 1 aromatic heterocycles. The van der Waals surface area contributed by atoms with Crippen LogP contribution < -0.4 is 0 Å². The standard InChI is InChI=1S/C17H20N2OS/c20-17(15-6-2-1-3-7-15)19-10-5-9-18(11-12-19)14-16-8-4-13-21-16/h1-4,6-8,13H,5,9-12,14H2. The molecular weight excluding hydrogens is 280 g/mol.